The summed E-state index contributed by atoms with van der Waals surface area (Å²) in [6.45, 7) is 3.94. The zero-order valence-electron chi connectivity index (χ0n) is 15.6. The number of carbonyl (C=O) groups is 1. The van der Waals surface area contributed by atoms with Gasteiger partial charge in [-0.25, -0.2) is 4.68 Å². The van der Waals surface area contributed by atoms with E-state index in [-0.39, 0.29) is 24.2 Å². The molecule has 2 heterocycles. The molecular formula is C20H27ClN4O2. The highest BCUT2D eigenvalue weighted by Gasteiger charge is 2.29. The molecule has 0 spiro atoms. The van der Waals surface area contributed by atoms with Crippen LogP contribution in [0.5, 0.6) is 0 Å². The van der Waals surface area contributed by atoms with Gasteiger partial charge >= 0.3 is 0 Å². The van der Waals surface area contributed by atoms with Gasteiger partial charge in [-0.15, -0.1) is 12.4 Å². The third-order valence-electron chi connectivity index (χ3n) is 5.56. The highest BCUT2D eigenvalue weighted by Crippen LogP contribution is 2.28. The van der Waals surface area contributed by atoms with Gasteiger partial charge in [-0.05, 0) is 43.4 Å². The Bertz CT molecular complexity index is 803. The van der Waals surface area contributed by atoms with Crippen molar-refractivity contribution >= 4 is 18.3 Å². The summed E-state index contributed by atoms with van der Waals surface area (Å²) in [6, 6.07) is 8.39. The van der Waals surface area contributed by atoms with Gasteiger partial charge in [-0.1, -0.05) is 19.1 Å². The Balaban J connectivity index is 0.00000210. The minimum Gasteiger partial charge on any atom is -0.391 e. The molecule has 1 saturated heterocycles. The number of aryl methyl sites for hydroxylation is 1. The molecule has 1 aliphatic heterocycles. The summed E-state index contributed by atoms with van der Waals surface area (Å²) in [5, 5.41) is 20.6. The number of halogens is 1. The van der Waals surface area contributed by atoms with Gasteiger partial charge in [0.25, 0.3) is 5.91 Å². The number of amides is 1. The first kappa shape index (κ1) is 19.9. The van der Waals surface area contributed by atoms with Gasteiger partial charge in [0.2, 0.25) is 0 Å². The molecule has 1 amide bonds. The normalized spacial score (nSPS) is 21.0. The zero-order valence-corrected chi connectivity index (χ0v) is 16.4. The summed E-state index contributed by atoms with van der Waals surface area (Å²) in [5.41, 5.74) is 5.07. The lowest BCUT2D eigenvalue weighted by Gasteiger charge is -2.13. The van der Waals surface area contributed by atoms with Crippen molar-refractivity contribution in [3.05, 3.63) is 46.8 Å². The van der Waals surface area contributed by atoms with Crippen molar-refractivity contribution in [1.82, 2.24) is 20.4 Å². The van der Waals surface area contributed by atoms with Crippen LogP contribution in [0, 0.1) is 5.92 Å². The van der Waals surface area contributed by atoms with Crippen molar-refractivity contribution in [2.24, 2.45) is 5.92 Å². The monoisotopic (exact) mass is 390 g/mol. The fraction of sp³-hybridized carbons (Fsp3) is 0.500. The van der Waals surface area contributed by atoms with Crippen molar-refractivity contribution in [2.45, 2.75) is 38.7 Å². The first-order chi connectivity index (χ1) is 12.7. The average molecular weight is 391 g/mol. The number of nitrogens with one attached hydrogen (secondary N) is 2. The number of aromatic nitrogens is 2. The minimum absolute atomic E-state index is 0. The summed E-state index contributed by atoms with van der Waals surface area (Å²) in [4.78, 5) is 12.7. The fourth-order valence-electron chi connectivity index (χ4n) is 3.94. The molecule has 6 nitrogen and oxygen atoms in total. The van der Waals surface area contributed by atoms with Crippen LogP contribution < -0.4 is 10.6 Å². The topological polar surface area (TPSA) is 79.2 Å². The Hall–Kier alpha value is -1.89. The van der Waals surface area contributed by atoms with Crippen LogP contribution in [0.2, 0.25) is 0 Å². The molecule has 4 rings (SSSR count). The Morgan fingerprint density at radius 1 is 1.30 bits per heavy atom. The predicted molar refractivity (Wildman–Crippen MR) is 107 cm³/mol. The lowest BCUT2D eigenvalue weighted by Crippen LogP contribution is -2.35. The maximum atomic E-state index is 12.7. The fourth-order valence-corrected chi connectivity index (χ4v) is 3.94. The number of benzene rings is 1. The van der Waals surface area contributed by atoms with E-state index in [0.717, 1.165) is 49.2 Å². The third kappa shape index (κ3) is 3.88. The van der Waals surface area contributed by atoms with E-state index in [1.165, 1.54) is 5.56 Å². The van der Waals surface area contributed by atoms with Crippen molar-refractivity contribution in [3.8, 4) is 5.69 Å². The van der Waals surface area contributed by atoms with Crippen molar-refractivity contribution in [1.29, 1.82) is 0 Å². The van der Waals surface area contributed by atoms with Crippen LogP contribution in [0.15, 0.2) is 24.3 Å². The predicted octanol–water partition coefficient (Wildman–Crippen LogP) is 1.66. The lowest BCUT2D eigenvalue weighted by atomic mass is 10.1. The number of carbonyl (C=O) groups excluding carboxylic acids is 1. The highest BCUT2D eigenvalue weighted by molar-refractivity contribution is 5.94. The maximum absolute atomic E-state index is 12.7. The van der Waals surface area contributed by atoms with Crippen molar-refractivity contribution in [3.63, 3.8) is 0 Å². The summed E-state index contributed by atoms with van der Waals surface area (Å²) in [5.74, 6) is -0.0677. The molecule has 0 radical (unpaired) electrons. The molecule has 2 atom stereocenters. The second-order valence-corrected chi connectivity index (χ2v) is 7.25. The van der Waals surface area contributed by atoms with Crippen LogP contribution in [0.3, 0.4) is 0 Å². The molecule has 2 unspecified atom stereocenters. The lowest BCUT2D eigenvalue weighted by molar-refractivity contribution is 0.0921. The maximum Gasteiger partial charge on any atom is 0.272 e. The van der Waals surface area contributed by atoms with Crippen LogP contribution in [0.25, 0.3) is 5.69 Å². The summed E-state index contributed by atoms with van der Waals surface area (Å²) >= 11 is 0. The van der Waals surface area contributed by atoms with E-state index in [2.05, 4.69) is 46.9 Å². The van der Waals surface area contributed by atoms with Gasteiger partial charge in [-0.3, -0.25) is 4.79 Å². The number of hydrogen-bond donors (Lipinski definition) is 3. The van der Waals surface area contributed by atoms with Crippen LogP contribution in [-0.2, 0) is 19.3 Å². The van der Waals surface area contributed by atoms with Crippen molar-refractivity contribution < 1.29 is 9.90 Å². The van der Waals surface area contributed by atoms with E-state index in [9.17, 15) is 9.90 Å². The first-order valence-electron chi connectivity index (χ1n) is 9.54. The van der Waals surface area contributed by atoms with Crippen LogP contribution in [0.4, 0.5) is 0 Å². The summed E-state index contributed by atoms with van der Waals surface area (Å²) in [7, 11) is 0. The van der Waals surface area contributed by atoms with Gasteiger partial charge in [0.15, 0.2) is 5.69 Å². The quantitative estimate of drug-likeness (QED) is 0.725. The first-order valence-corrected chi connectivity index (χ1v) is 9.54. The molecule has 1 fully saturated rings. The van der Waals surface area contributed by atoms with Crippen LogP contribution in [0.1, 0.15) is 40.7 Å². The SMILES string of the molecule is CCc1ccc(-n2nc(C(=O)NCC3CNCC3O)c3c2CCC3)cc1.Cl. The Kier molecular flexibility index (Phi) is 6.19. The number of aliphatic hydroxyl groups is 1. The summed E-state index contributed by atoms with van der Waals surface area (Å²) < 4.78 is 1.93. The molecular weight excluding hydrogens is 364 g/mol. The molecule has 2 aromatic rings. The Morgan fingerprint density at radius 2 is 2.07 bits per heavy atom. The standard InChI is InChI=1S/C20H26N4O2.ClH/c1-2-13-6-8-15(9-7-13)24-17-5-3-4-16(17)19(23-24)20(26)22-11-14-10-21-12-18(14)25;/h6-9,14,18,21,25H,2-5,10-12H2,1H3,(H,22,26);1H. The Labute approximate surface area is 165 Å². The van der Waals surface area contributed by atoms with E-state index in [4.69, 9.17) is 0 Å². The van der Waals surface area contributed by atoms with Gasteiger partial charge in [0, 0.05) is 36.8 Å². The number of hydrogen-bond acceptors (Lipinski definition) is 4. The van der Waals surface area contributed by atoms with Crippen molar-refractivity contribution in [2.75, 3.05) is 19.6 Å². The summed E-state index contributed by atoms with van der Waals surface area (Å²) in [6.07, 6.45) is 3.53. The number of β-amino-alcohol motifs (C(OH)–C–C–N with tert-alkyl or cyclic N) is 1. The van der Waals surface area contributed by atoms with E-state index in [1.54, 1.807) is 0 Å². The molecule has 1 aliphatic carbocycles. The highest BCUT2D eigenvalue weighted by atomic mass is 35.5. The molecule has 1 aromatic heterocycles. The van der Waals surface area contributed by atoms with Gasteiger partial charge in [0.05, 0.1) is 11.8 Å². The molecule has 27 heavy (non-hydrogen) atoms. The van der Waals surface area contributed by atoms with Gasteiger partial charge in [-0.2, -0.15) is 5.10 Å². The van der Waals surface area contributed by atoms with E-state index >= 15 is 0 Å². The second kappa shape index (κ2) is 8.42. The molecule has 0 bridgehead atoms. The molecule has 3 N–H and O–H groups in total. The smallest absolute Gasteiger partial charge is 0.272 e. The van der Waals surface area contributed by atoms with E-state index in [0.29, 0.717) is 18.8 Å². The number of nitrogens with zero attached hydrogens (tertiary/aromatic N) is 2. The molecule has 2 aliphatic rings. The zero-order chi connectivity index (χ0) is 18.1. The van der Waals surface area contributed by atoms with Crippen LogP contribution >= 0.6 is 12.4 Å². The number of aliphatic hydroxyl groups excluding tert-OH is 1. The third-order valence-corrected chi connectivity index (χ3v) is 5.56. The number of rotatable bonds is 5. The second-order valence-electron chi connectivity index (χ2n) is 7.25. The number of fused-ring (bicyclic) bond motifs is 1. The molecule has 7 heteroatoms. The molecule has 1 aromatic carbocycles. The van der Waals surface area contributed by atoms with Gasteiger partial charge < -0.3 is 15.7 Å². The average Bonchev–Trinajstić information content (AvgIpc) is 3.36. The largest absolute Gasteiger partial charge is 0.391 e. The van der Waals surface area contributed by atoms with E-state index in [1.807, 2.05) is 4.68 Å². The van der Waals surface area contributed by atoms with Gasteiger partial charge in [0.1, 0.15) is 0 Å². The van der Waals surface area contributed by atoms with E-state index < -0.39 is 6.10 Å². The molecule has 0 saturated carbocycles. The van der Waals surface area contributed by atoms with Crippen LogP contribution in [-0.4, -0.2) is 46.5 Å². The Morgan fingerprint density at radius 3 is 2.74 bits per heavy atom. The minimum atomic E-state index is -0.393. The molecule has 146 valence electrons.